The first-order chi connectivity index (χ1) is 9.58. The maximum atomic E-state index is 13.2. The van der Waals surface area contributed by atoms with Gasteiger partial charge < -0.3 is 14.7 Å². The van der Waals surface area contributed by atoms with E-state index >= 15 is 0 Å². The van der Waals surface area contributed by atoms with Crippen LogP contribution in [-0.2, 0) is 16.1 Å². The number of amides is 1. The highest BCUT2D eigenvalue weighted by Gasteiger charge is 2.27. The van der Waals surface area contributed by atoms with Gasteiger partial charge in [0, 0.05) is 13.1 Å². The molecule has 1 N–H and O–H groups in total. The van der Waals surface area contributed by atoms with Crippen molar-refractivity contribution in [3.63, 3.8) is 0 Å². The second kappa shape index (κ2) is 6.18. The molecular formula is C14H14FNO4. The van der Waals surface area contributed by atoms with Crippen LogP contribution < -0.4 is 0 Å². The van der Waals surface area contributed by atoms with Crippen molar-refractivity contribution in [2.75, 3.05) is 13.1 Å². The Bertz CT molecular complexity index is 541. The predicted octanol–water partition coefficient (Wildman–Crippen LogP) is 2.34. The summed E-state index contributed by atoms with van der Waals surface area (Å²) in [5, 5.41) is 8.55. The lowest BCUT2D eigenvalue weighted by Crippen LogP contribution is -2.28. The van der Waals surface area contributed by atoms with E-state index in [9.17, 15) is 14.0 Å². The molecule has 106 valence electrons. The number of ether oxygens (including phenoxy) is 1. The van der Waals surface area contributed by atoms with Crippen LogP contribution in [0.4, 0.5) is 9.18 Å². The molecule has 0 atom stereocenters. The molecule has 1 aliphatic heterocycles. The summed E-state index contributed by atoms with van der Waals surface area (Å²) in [6.45, 7) is 0.367. The van der Waals surface area contributed by atoms with Crippen molar-refractivity contribution < 1.29 is 23.8 Å². The Hall–Kier alpha value is -2.37. The number of benzene rings is 1. The number of hydrogen-bond donors (Lipinski definition) is 1. The van der Waals surface area contributed by atoms with Crippen LogP contribution >= 0.6 is 0 Å². The lowest BCUT2D eigenvalue weighted by atomic mass is 10.2. The van der Waals surface area contributed by atoms with Gasteiger partial charge in [-0.3, -0.25) is 0 Å². The zero-order chi connectivity index (χ0) is 14.5. The van der Waals surface area contributed by atoms with Crippen LogP contribution in [0.1, 0.15) is 12.0 Å². The Kier molecular flexibility index (Phi) is 4.34. The molecule has 1 amide bonds. The second-order valence-electron chi connectivity index (χ2n) is 4.43. The summed E-state index contributed by atoms with van der Waals surface area (Å²) in [7, 11) is 0. The summed E-state index contributed by atoms with van der Waals surface area (Å²) >= 11 is 0. The van der Waals surface area contributed by atoms with Gasteiger partial charge in [-0.05, 0) is 17.6 Å². The molecule has 0 spiro atoms. The number of carboxylic acids is 1. The fourth-order valence-electron chi connectivity index (χ4n) is 1.96. The third kappa shape index (κ3) is 3.34. The minimum atomic E-state index is -1.60. The van der Waals surface area contributed by atoms with E-state index in [1.165, 1.54) is 4.90 Å². The number of rotatable bonds is 3. The molecule has 0 aromatic heterocycles. The maximum absolute atomic E-state index is 13.2. The van der Waals surface area contributed by atoms with Gasteiger partial charge in [-0.2, -0.15) is 4.39 Å². The van der Waals surface area contributed by atoms with Gasteiger partial charge in [0.15, 0.2) is 0 Å². The van der Waals surface area contributed by atoms with E-state index < -0.39 is 17.9 Å². The largest absolute Gasteiger partial charge is 0.476 e. The van der Waals surface area contributed by atoms with E-state index in [0.717, 1.165) is 5.56 Å². The molecule has 0 unspecified atom stereocenters. The topological polar surface area (TPSA) is 66.8 Å². The maximum Gasteiger partial charge on any atom is 0.410 e. The third-order valence-corrected chi connectivity index (χ3v) is 3.03. The van der Waals surface area contributed by atoms with Gasteiger partial charge in [0.25, 0.3) is 0 Å². The molecular weight excluding hydrogens is 265 g/mol. The quantitative estimate of drug-likeness (QED) is 0.862. The molecule has 1 aliphatic rings. The van der Waals surface area contributed by atoms with Gasteiger partial charge in [-0.1, -0.05) is 30.3 Å². The molecule has 0 bridgehead atoms. The van der Waals surface area contributed by atoms with Crippen molar-refractivity contribution in [1.29, 1.82) is 0 Å². The fourth-order valence-corrected chi connectivity index (χ4v) is 1.96. The zero-order valence-corrected chi connectivity index (χ0v) is 10.7. The van der Waals surface area contributed by atoms with Gasteiger partial charge in [0.1, 0.15) is 6.61 Å². The number of likely N-dealkylation sites (tertiary alicyclic amines) is 1. The number of aliphatic carboxylic acids is 1. The monoisotopic (exact) mass is 279 g/mol. The minimum Gasteiger partial charge on any atom is -0.476 e. The van der Waals surface area contributed by atoms with Crippen LogP contribution in [0.3, 0.4) is 0 Å². The fraction of sp³-hybridized carbons (Fsp3) is 0.286. The smallest absolute Gasteiger partial charge is 0.410 e. The van der Waals surface area contributed by atoms with Crippen LogP contribution in [0.25, 0.3) is 0 Å². The Morgan fingerprint density at radius 2 is 2.00 bits per heavy atom. The molecule has 1 heterocycles. The average Bonchev–Trinajstić information content (AvgIpc) is 2.94. The first kappa shape index (κ1) is 14.0. The molecule has 1 fully saturated rings. The van der Waals surface area contributed by atoms with Crippen molar-refractivity contribution in [2.45, 2.75) is 13.0 Å². The van der Waals surface area contributed by atoms with Crippen LogP contribution in [0.5, 0.6) is 0 Å². The number of carbonyl (C=O) groups excluding carboxylic acids is 1. The lowest BCUT2D eigenvalue weighted by Gasteiger charge is -2.14. The van der Waals surface area contributed by atoms with Crippen molar-refractivity contribution in [1.82, 2.24) is 4.90 Å². The molecule has 6 heteroatoms. The van der Waals surface area contributed by atoms with Gasteiger partial charge in [-0.15, -0.1) is 0 Å². The number of halogens is 1. The number of carbonyl (C=O) groups is 2. The first-order valence-corrected chi connectivity index (χ1v) is 6.14. The van der Waals surface area contributed by atoms with Crippen molar-refractivity contribution in [2.24, 2.45) is 0 Å². The van der Waals surface area contributed by atoms with Gasteiger partial charge >= 0.3 is 12.1 Å². The normalized spacial score (nSPS) is 16.9. The molecule has 1 aromatic rings. The standard InChI is InChI=1S/C14H14FNO4/c15-12(13(17)18)11-6-7-16(8-11)14(19)20-9-10-4-2-1-3-5-10/h1-5H,6-9H2,(H,17,18)/b12-11+. The molecule has 0 aliphatic carbocycles. The summed E-state index contributed by atoms with van der Waals surface area (Å²) in [5.74, 6) is -2.78. The minimum absolute atomic E-state index is 0.0360. The summed E-state index contributed by atoms with van der Waals surface area (Å²) in [6.07, 6.45) is -0.347. The zero-order valence-electron chi connectivity index (χ0n) is 10.7. The van der Waals surface area contributed by atoms with E-state index in [1.807, 2.05) is 30.3 Å². The highest BCUT2D eigenvalue weighted by Crippen LogP contribution is 2.21. The molecule has 0 saturated carbocycles. The van der Waals surface area contributed by atoms with Crippen LogP contribution in [0.2, 0.25) is 0 Å². The molecule has 1 aromatic carbocycles. The van der Waals surface area contributed by atoms with Gasteiger partial charge in [0.2, 0.25) is 5.83 Å². The van der Waals surface area contributed by atoms with E-state index in [1.54, 1.807) is 0 Å². The first-order valence-electron chi connectivity index (χ1n) is 6.14. The van der Waals surface area contributed by atoms with Crippen molar-refractivity contribution >= 4 is 12.1 Å². The summed E-state index contributed by atoms with van der Waals surface area (Å²) < 4.78 is 18.3. The summed E-state index contributed by atoms with van der Waals surface area (Å²) in [4.78, 5) is 23.6. The van der Waals surface area contributed by atoms with Crippen molar-refractivity contribution in [3.8, 4) is 0 Å². The molecule has 2 rings (SSSR count). The predicted molar refractivity (Wildman–Crippen MR) is 68.6 cm³/mol. The van der Waals surface area contributed by atoms with E-state index in [-0.39, 0.29) is 31.7 Å². The number of hydrogen-bond acceptors (Lipinski definition) is 3. The summed E-state index contributed by atoms with van der Waals surface area (Å²) in [5.41, 5.74) is 0.974. The Morgan fingerprint density at radius 3 is 2.65 bits per heavy atom. The SMILES string of the molecule is O=C(O)/C(F)=C1/CCN(C(=O)OCc2ccccc2)C1. The lowest BCUT2D eigenvalue weighted by molar-refractivity contribution is -0.134. The third-order valence-electron chi connectivity index (χ3n) is 3.03. The Morgan fingerprint density at radius 1 is 1.30 bits per heavy atom. The average molecular weight is 279 g/mol. The Balaban J connectivity index is 1.89. The molecule has 20 heavy (non-hydrogen) atoms. The van der Waals surface area contributed by atoms with Gasteiger partial charge in [-0.25, -0.2) is 9.59 Å². The second-order valence-corrected chi connectivity index (χ2v) is 4.43. The molecule has 1 saturated heterocycles. The van der Waals surface area contributed by atoms with E-state index in [4.69, 9.17) is 9.84 Å². The van der Waals surface area contributed by atoms with Crippen molar-refractivity contribution in [3.05, 3.63) is 47.3 Å². The number of carboxylic acid groups (broad SMARTS) is 1. The van der Waals surface area contributed by atoms with E-state index in [2.05, 4.69) is 0 Å². The number of nitrogens with zero attached hydrogens (tertiary/aromatic N) is 1. The highest BCUT2D eigenvalue weighted by atomic mass is 19.1. The Labute approximate surface area is 115 Å². The van der Waals surface area contributed by atoms with Gasteiger partial charge in [0.05, 0.1) is 0 Å². The van der Waals surface area contributed by atoms with Crippen LogP contribution in [0, 0.1) is 0 Å². The van der Waals surface area contributed by atoms with E-state index in [0.29, 0.717) is 0 Å². The van der Waals surface area contributed by atoms with Crippen LogP contribution in [-0.4, -0.2) is 35.2 Å². The molecule has 5 nitrogen and oxygen atoms in total. The van der Waals surface area contributed by atoms with Crippen LogP contribution in [0.15, 0.2) is 41.7 Å². The summed E-state index contributed by atoms with van der Waals surface area (Å²) in [6, 6.07) is 9.18. The highest BCUT2D eigenvalue weighted by molar-refractivity contribution is 5.85. The molecule has 0 radical (unpaired) electrons.